The van der Waals surface area contributed by atoms with E-state index in [2.05, 4.69) is 9.47 Å². The van der Waals surface area contributed by atoms with Crippen molar-refractivity contribution in [3.05, 3.63) is 118 Å². The lowest BCUT2D eigenvalue weighted by molar-refractivity contribution is -0.159. The fourth-order valence-corrected chi connectivity index (χ4v) is 8.92. The Hall–Kier alpha value is -4.97. The van der Waals surface area contributed by atoms with Crippen LogP contribution in [0, 0.1) is 32.6 Å². The van der Waals surface area contributed by atoms with Gasteiger partial charge in [0.15, 0.2) is 5.78 Å². The second kappa shape index (κ2) is 31.6. The molecule has 4 unspecified atom stereocenters. The summed E-state index contributed by atoms with van der Waals surface area (Å²) in [4.78, 5) is 58.4. The molecule has 11 nitrogen and oxygen atoms in total. The Bertz CT molecular complexity index is 2310. The number of nitrogens with zero attached hydrogens (tertiary/aromatic N) is 1. The van der Waals surface area contributed by atoms with Crippen LogP contribution in [0.3, 0.4) is 0 Å². The molecule has 0 radical (unpaired) electrons. The highest BCUT2D eigenvalue weighted by atomic mass is 32.3. The molecule has 3 aliphatic rings. The van der Waals surface area contributed by atoms with Gasteiger partial charge in [-0.15, -0.1) is 11.7 Å². The number of hydrogen-bond acceptors (Lipinski definition) is 11. The first-order valence-electron chi connectivity index (χ1n) is 26.2. The van der Waals surface area contributed by atoms with E-state index in [1.807, 2.05) is 141 Å². The van der Waals surface area contributed by atoms with Crippen LogP contribution in [0.2, 0.25) is 0 Å². The lowest BCUT2D eigenvalue weighted by atomic mass is 9.84. The molecule has 2 saturated carbocycles. The summed E-state index contributed by atoms with van der Waals surface area (Å²) in [6, 6.07) is 23.4. The SMILES string of the molecule is COCCN(CCOC)S(F)(F)F.Cc1ccc(C(C(=O)OC(C)(C)C)C2CCC(=O)C2)cc1.Cc1ccc(C(C(=O)OC(C)(C)C)C2CCC(F)(F)C2)cc1.Cc1ccc(CC(=O)OC(C)(C)C)cc1.O=C1C=CCC1. The van der Waals surface area contributed by atoms with Crippen molar-refractivity contribution in [3.8, 4) is 0 Å². The number of carbonyl (C=O) groups is 5. The second-order valence-corrected chi connectivity index (χ2v) is 24.0. The number of hydrogen-bond donors (Lipinski definition) is 0. The van der Waals surface area contributed by atoms with Crippen molar-refractivity contribution in [1.82, 2.24) is 4.31 Å². The Kier molecular flexibility index (Phi) is 27.9. The van der Waals surface area contributed by atoms with Crippen LogP contribution in [-0.2, 0) is 54.1 Å². The normalized spacial score (nSPS) is 18.0. The van der Waals surface area contributed by atoms with E-state index in [1.165, 1.54) is 19.8 Å². The number of allylic oxidation sites excluding steroid dienone is 2. The fraction of sp³-hybridized carbons (Fsp3) is 0.583. The number of esters is 3. The van der Waals surface area contributed by atoms with Gasteiger partial charge in [0.05, 0.1) is 31.5 Å². The van der Waals surface area contributed by atoms with Crippen molar-refractivity contribution in [3.63, 3.8) is 0 Å². The molecule has 0 aromatic heterocycles. The first kappa shape index (κ1) is 68.1. The number of ether oxygens (including phenoxy) is 5. The Labute approximate surface area is 457 Å². The summed E-state index contributed by atoms with van der Waals surface area (Å²) in [6.07, 6.45) is 7.38. The Morgan fingerprint density at radius 1 is 0.636 bits per heavy atom. The molecular weight excluding hydrogens is 1020 g/mol. The topological polar surface area (TPSA) is 135 Å². The molecule has 4 atom stereocenters. The van der Waals surface area contributed by atoms with Gasteiger partial charge >= 0.3 is 17.9 Å². The van der Waals surface area contributed by atoms with Gasteiger partial charge < -0.3 is 23.7 Å². The van der Waals surface area contributed by atoms with Gasteiger partial charge in [0, 0.05) is 59.4 Å². The second-order valence-electron chi connectivity index (χ2n) is 22.7. The molecule has 3 aromatic rings. The van der Waals surface area contributed by atoms with Crippen LogP contribution >= 0.6 is 11.4 Å². The lowest BCUT2D eigenvalue weighted by Gasteiger charge is -2.27. The van der Waals surface area contributed by atoms with E-state index < -0.39 is 46.0 Å². The van der Waals surface area contributed by atoms with Gasteiger partial charge in [-0.2, -0.15) is 4.31 Å². The van der Waals surface area contributed by atoms with Crippen LogP contribution in [0.1, 0.15) is 159 Å². The van der Waals surface area contributed by atoms with Crippen molar-refractivity contribution in [2.24, 2.45) is 11.8 Å². The third-order valence-corrected chi connectivity index (χ3v) is 12.9. The van der Waals surface area contributed by atoms with E-state index in [1.54, 1.807) is 26.8 Å². The minimum absolute atomic E-state index is 0.0649. The van der Waals surface area contributed by atoms with Crippen LogP contribution in [0.15, 0.2) is 84.9 Å². The minimum Gasteiger partial charge on any atom is -0.460 e. The van der Waals surface area contributed by atoms with E-state index in [4.69, 9.17) is 14.2 Å². The predicted octanol–water partition coefficient (Wildman–Crippen LogP) is 14.4. The maximum Gasteiger partial charge on any atom is 0.314 e. The zero-order valence-corrected chi connectivity index (χ0v) is 48.7. The highest BCUT2D eigenvalue weighted by molar-refractivity contribution is 8.18. The largest absolute Gasteiger partial charge is 0.460 e. The van der Waals surface area contributed by atoms with Gasteiger partial charge in [-0.1, -0.05) is 95.6 Å². The molecular formula is C60H86F5NO10S. The maximum atomic E-state index is 13.6. The molecule has 77 heavy (non-hydrogen) atoms. The van der Waals surface area contributed by atoms with Crippen molar-refractivity contribution in [2.75, 3.05) is 40.5 Å². The molecule has 0 bridgehead atoms. The van der Waals surface area contributed by atoms with E-state index in [0.29, 0.717) is 30.0 Å². The molecule has 3 aliphatic carbocycles. The maximum absolute atomic E-state index is 13.6. The van der Waals surface area contributed by atoms with Gasteiger partial charge in [-0.3, -0.25) is 24.0 Å². The lowest BCUT2D eigenvalue weighted by Crippen LogP contribution is -2.31. The molecule has 432 valence electrons. The zero-order chi connectivity index (χ0) is 58.4. The van der Waals surface area contributed by atoms with E-state index in [0.717, 1.165) is 47.1 Å². The molecule has 0 amide bonds. The Morgan fingerprint density at radius 2 is 1.06 bits per heavy atom. The Balaban J connectivity index is 0.000000344. The molecule has 0 heterocycles. The number of carbonyl (C=O) groups excluding carboxylic acids is 5. The van der Waals surface area contributed by atoms with Crippen LogP contribution in [0.4, 0.5) is 20.4 Å². The summed E-state index contributed by atoms with van der Waals surface area (Å²) in [7, 11) is 2.75. The third-order valence-electron chi connectivity index (χ3n) is 12.0. The molecule has 6 rings (SSSR count). The average Bonchev–Trinajstić information content (AvgIpc) is 4.05. The number of aryl methyl sites for hydroxylation is 3. The van der Waals surface area contributed by atoms with Crippen LogP contribution in [0.5, 0.6) is 0 Å². The van der Waals surface area contributed by atoms with Crippen molar-refractivity contribution >= 4 is 40.8 Å². The van der Waals surface area contributed by atoms with E-state index >= 15 is 0 Å². The number of methoxy groups -OCH3 is 2. The van der Waals surface area contributed by atoms with Crippen molar-refractivity contribution in [2.45, 2.75) is 175 Å². The number of alkyl halides is 2. The van der Waals surface area contributed by atoms with Crippen LogP contribution in [0.25, 0.3) is 0 Å². The molecule has 2 fully saturated rings. The van der Waals surface area contributed by atoms with E-state index in [-0.39, 0.29) is 80.4 Å². The quantitative estimate of drug-likeness (QED) is 0.0818. The van der Waals surface area contributed by atoms with Crippen LogP contribution < -0.4 is 0 Å². The molecule has 17 heteroatoms. The monoisotopic (exact) mass is 1110 g/mol. The summed E-state index contributed by atoms with van der Waals surface area (Å²) in [5.74, 6) is -4.20. The first-order valence-corrected chi connectivity index (χ1v) is 27.5. The van der Waals surface area contributed by atoms with Gasteiger partial charge in [0.1, 0.15) is 22.6 Å². The number of ketones is 2. The van der Waals surface area contributed by atoms with Crippen LogP contribution in [-0.4, -0.2) is 97.0 Å². The number of halogens is 5. The number of benzene rings is 3. The molecule has 3 aromatic carbocycles. The summed E-state index contributed by atoms with van der Waals surface area (Å²) >= 11 is -5.14. The zero-order valence-electron chi connectivity index (χ0n) is 47.9. The number of rotatable bonds is 15. The van der Waals surface area contributed by atoms with Crippen molar-refractivity contribution < 1.29 is 68.1 Å². The van der Waals surface area contributed by atoms with Gasteiger partial charge in [-0.25, -0.2) is 8.78 Å². The van der Waals surface area contributed by atoms with E-state index in [9.17, 15) is 44.4 Å². The first-order chi connectivity index (χ1) is 35.6. The third kappa shape index (κ3) is 28.5. The highest BCUT2D eigenvalue weighted by Crippen LogP contribution is 2.56. The van der Waals surface area contributed by atoms with Gasteiger partial charge in [-0.05, 0) is 137 Å². The molecule has 0 N–H and O–H groups in total. The average molecular weight is 1110 g/mol. The summed E-state index contributed by atoms with van der Waals surface area (Å²) < 4.78 is 89.9. The summed E-state index contributed by atoms with van der Waals surface area (Å²) in [5.41, 5.74) is 4.61. The van der Waals surface area contributed by atoms with Gasteiger partial charge in [0.2, 0.25) is 5.92 Å². The smallest absolute Gasteiger partial charge is 0.314 e. The van der Waals surface area contributed by atoms with Gasteiger partial charge in [0.25, 0.3) is 11.4 Å². The van der Waals surface area contributed by atoms with Crippen molar-refractivity contribution in [1.29, 1.82) is 0 Å². The predicted molar refractivity (Wildman–Crippen MR) is 295 cm³/mol. The fourth-order valence-electron chi connectivity index (χ4n) is 8.35. The standard InChI is InChI=1S/C18H24F2O2.C18H24O3.C13H18O2.C6H14F3NO2S.C5H6O/c1-12-5-7-13(8-6-12)15(16(21)22-17(2,3)4)14-9-10-18(19,20)11-14;1-12-5-7-13(8-6-12)16(14-9-10-15(19)11-14)17(20)21-18(2,3)4;1-10-5-7-11(8-6-10)9-12(14)15-13(2,3)4;1-11-5-3-10(4-6-12-2)13(7,8)9;6-5-3-1-2-4-5/h5-8,14-15H,9-11H2,1-4H3;5-8,14,16H,9-11H2,1-4H3;5-8H,9H2,1-4H3;3-6H2,1-2H3;1,3H,2,4H2. The Morgan fingerprint density at radius 3 is 1.38 bits per heavy atom. The molecule has 0 spiro atoms. The molecule has 0 aliphatic heterocycles. The molecule has 0 saturated heterocycles. The highest BCUT2D eigenvalue weighted by Gasteiger charge is 2.46. The summed E-state index contributed by atoms with van der Waals surface area (Å²) in [6.45, 7) is 22.5. The summed E-state index contributed by atoms with van der Waals surface area (Å²) in [5, 5.41) is 0. The number of Topliss-reactive ketones (excluding diaryl/α,β-unsaturated/α-hetero) is 1. The minimum atomic E-state index is -5.14.